The molecular formula is C25H31N5O4S2. The van der Waals surface area contributed by atoms with Gasteiger partial charge in [0.25, 0.3) is 0 Å². The number of sulfonamides is 1. The Bertz CT molecular complexity index is 1360. The number of nitrogens with one attached hydrogen (secondary N) is 2. The molecule has 0 spiro atoms. The van der Waals surface area contributed by atoms with E-state index in [4.69, 9.17) is 21.7 Å². The predicted octanol–water partition coefficient (Wildman–Crippen LogP) is 3.70. The Morgan fingerprint density at radius 3 is 2.58 bits per heavy atom. The molecule has 1 aromatic carbocycles. The van der Waals surface area contributed by atoms with Crippen molar-refractivity contribution in [1.29, 1.82) is 0 Å². The summed E-state index contributed by atoms with van der Waals surface area (Å²) in [5.74, 6) is 0.395. The summed E-state index contributed by atoms with van der Waals surface area (Å²) in [6.07, 6.45) is 2.88. The molecule has 0 radical (unpaired) electrons. The van der Waals surface area contributed by atoms with Crippen molar-refractivity contribution in [2.45, 2.75) is 32.5 Å². The van der Waals surface area contributed by atoms with E-state index in [9.17, 15) is 8.42 Å². The fourth-order valence-electron chi connectivity index (χ4n) is 4.72. The van der Waals surface area contributed by atoms with E-state index >= 15 is 0 Å². The van der Waals surface area contributed by atoms with Gasteiger partial charge in [-0.2, -0.15) is 0 Å². The standard InChI is InChI=1S/C25H31N5O4S2/c1-16-14-19(17(2)29(16)12-13-33-3)24-23(21-8-6-7-11-26-21)27-25(35)30(24)18-9-10-20(22(15-18)34-4)28-36(5,31)32/h6-11,14-15,23-24,28H,12-13H2,1-5H3,(H,27,35)/t23-,24-/m1/s1. The molecule has 3 heterocycles. The van der Waals surface area contributed by atoms with Crippen molar-refractivity contribution in [3.8, 4) is 5.75 Å². The maximum absolute atomic E-state index is 11.8. The molecule has 2 N–H and O–H groups in total. The van der Waals surface area contributed by atoms with Gasteiger partial charge in [0, 0.05) is 43.0 Å². The molecule has 2 aromatic heterocycles. The second-order valence-corrected chi connectivity index (χ2v) is 10.9. The van der Waals surface area contributed by atoms with Crippen molar-refractivity contribution in [2.24, 2.45) is 0 Å². The van der Waals surface area contributed by atoms with Gasteiger partial charge in [0.05, 0.1) is 43.4 Å². The molecule has 0 aliphatic carbocycles. The van der Waals surface area contributed by atoms with Gasteiger partial charge in [0.15, 0.2) is 5.11 Å². The van der Waals surface area contributed by atoms with Gasteiger partial charge in [-0.3, -0.25) is 9.71 Å². The summed E-state index contributed by atoms with van der Waals surface area (Å²) in [5.41, 5.74) is 5.36. The summed E-state index contributed by atoms with van der Waals surface area (Å²) in [7, 11) is -0.267. The molecule has 3 aromatic rings. The van der Waals surface area contributed by atoms with E-state index in [1.807, 2.05) is 29.2 Å². The molecule has 0 amide bonds. The average Bonchev–Trinajstić information content (AvgIpc) is 3.32. The van der Waals surface area contributed by atoms with Crippen molar-refractivity contribution in [3.63, 3.8) is 0 Å². The minimum absolute atomic E-state index is 0.199. The van der Waals surface area contributed by atoms with Crippen LogP contribution in [0, 0.1) is 13.8 Å². The van der Waals surface area contributed by atoms with Gasteiger partial charge in [-0.05, 0) is 62.0 Å². The number of pyridine rings is 1. The Morgan fingerprint density at radius 1 is 1.17 bits per heavy atom. The van der Waals surface area contributed by atoms with Gasteiger partial charge in [-0.25, -0.2) is 8.42 Å². The van der Waals surface area contributed by atoms with E-state index in [0.29, 0.717) is 23.2 Å². The van der Waals surface area contributed by atoms with Crippen LogP contribution in [0.1, 0.15) is 34.7 Å². The van der Waals surface area contributed by atoms with Crippen LogP contribution in [0.15, 0.2) is 48.7 Å². The number of thiocarbonyl (C=S) groups is 1. The summed E-state index contributed by atoms with van der Waals surface area (Å²) < 4.78 is 39.2. The quantitative estimate of drug-likeness (QED) is 0.405. The summed E-state index contributed by atoms with van der Waals surface area (Å²) in [6, 6.07) is 12.9. The van der Waals surface area contributed by atoms with Crippen LogP contribution in [0.25, 0.3) is 0 Å². The van der Waals surface area contributed by atoms with Crippen LogP contribution in [0.5, 0.6) is 5.75 Å². The Balaban J connectivity index is 1.84. The number of aryl methyl sites for hydroxylation is 1. The number of hydrogen-bond donors (Lipinski definition) is 2. The first kappa shape index (κ1) is 25.9. The molecular weight excluding hydrogens is 498 g/mol. The van der Waals surface area contributed by atoms with E-state index < -0.39 is 10.0 Å². The molecule has 11 heteroatoms. The minimum Gasteiger partial charge on any atom is -0.494 e. The SMILES string of the molecule is COCCn1c(C)cc([C@@H]2[C@@H](c3ccccn3)NC(=S)N2c2ccc(NS(C)(=O)=O)c(OC)c2)c1C. The number of aromatic nitrogens is 2. The second kappa shape index (κ2) is 10.5. The van der Waals surface area contributed by atoms with Gasteiger partial charge in [0.2, 0.25) is 10.0 Å². The fourth-order valence-corrected chi connectivity index (χ4v) is 5.63. The lowest BCUT2D eigenvalue weighted by molar-refractivity contribution is 0.186. The van der Waals surface area contributed by atoms with E-state index in [0.717, 1.165) is 41.1 Å². The highest BCUT2D eigenvalue weighted by molar-refractivity contribution is 7.92. The molecule has 2 atom stereocenters. The number of nitrogens with zero attached hydrogens (tertiary/aromatic N) is 3. The van der Waals surface area contributed by atoms with Crippen molar-refractivity contribution in [3.05, 3.63) is 71.3 Å². The van der Waals surface area contributed by atoms with Gasteiger partial charge in [-0.15, -0.1) is 0 Å². The summed E-state index contributed by atoms with van der Waals surface area (Å²) in [6.45, 7) is 5.54. The maximum Gasteiger partial charge on any atom is 0.229 e. The smallest absolute Gasteiger partial charge is 0.229 e. The number of anilines is 2. The Labute approximate surface area is 217 Å². The van der Waals surface area contributed by atoms with Crippen molar-refractivity contribution >= 4 is 38.7 Å². The zero-order chi connectivity index (χ0) is 26.0. The Kier molecular flexibility index (Phi) is 7.53. The van der Waals surface area contributed by atoms with Crippen LogP contribution in [0.3, 0.4) is 0 Å². The highest BCUT2D eigenvalue weighted by Gasteiger charge is 2.42. The molecule has 0 bridgehead atoms. The molecule has 0 unspecified atom stereocenters. The number of ether oxygens (including phenoxy) is 2. The summed E-state index contributed by atoms with van der Waals surface area (Å²) >= 11 is 5.84. The molecule has 1 aliphatic heterocycles. The lowest BCUT2D eigenvalue weighted by Crippen LogP contribution is -2.29. The first-order valence-corrected chi connectivity index (χ1v) is 13.8. The largest absolute Gasteiger partial charge is 0.494 e. The third kappa shape index (κ3) is 5.18. The number of benzene rings is 1. The van der Waals surface area contributed by atoms with E-state index in [1.54, 1.807) is 25.4 Å². The van der Waals surface area contributed by atoms with Gasteiger partial charge in [-0.1, -0.05) is 6.07 Å². The minimum atomic E-state index is -3.47. The first-order valence-electron chi connectivity index (χ1n) is 11.5. The molecule has 1 saturated heterocycles. The van der Waals surface area contributed by atoms with E-state index in [-0.39, 0.29) is 12.1 Å². The normalized spacial score (nSPS) is 17.8. The van der Waals surface area contributed by atoms with Crippen LogP contribution in [-0.4, -0.2) is 50.2 Å². The Morgan fingerprint density at radius 2 is 1.94 bits per heavy atom. The Hall–Kier alpha value is -3.15. The van der Waals surface area contributed by atoms with Crippen molar-refractivity contribution in [2.75, 3.05) is 36.7 Å². The van der Waals surface area contributed by atoms with Crippen molar-refractivity contribution < 1.29 is 17.9 Å². The van der Waals surface area contributed by atoms with Gasteiger partial charge in [0.1, 0.15) is 5.75 Å². The molecule has 36 heavy (non-hydrogen) atoms. The second-order valence-electron chi connectivity index (χ2n) is 8.73. The number of hydrogen-bond acceptors (Lipinski definition) is 6. The monoisotopic (exact) mass is 529 g/mol. The van der Waals surface area contributed by atoms with Crippen LogP contribution in [0.4, 0.5) is 11.4 Å². The van der Waals surface area contributed by atoms with E-state index in [1.165, 1.54) is 7.11 Å². The average molecular weight is 530 g/mol. The maximum atomic E-state index is 11.8. The van der Waals surface area contributed by atoms with Gasteiger partial charge >= 0.3 is 0 Å². The molecule has 0 saturated carbocycles. The topological polar surface area (TPSA) is 97.7 Å². The molecule has 1 fully saturated rings. The fraction of sp³-hybridized carbons (Fsp3) is 0.360. The van der Waals surface area contributed by atoms with Crippen LogP contribution >= 0.6 is 12.2 Å². The highest BCUT2D eigenvalue weighted by atomic mass is 32.2. The summed E-state index contributed by atoms with van der Waals surface area (Å²) in [4.78, 5) is 6.66. The molecule has 192 valence electrons. The number of rotatable bonds is 9. The van der Waals surface area contributed by atoms with Crippen molar-refractivity contribution in [1.82, 2.24) is 14.9 Å². The zero-order valence-electron chi connectivity index (χ0n) is 21.0. The first-order chi connectivity index (χ1) is 17.1. The zero-order valence-corrected chi connectivity index (χ0v) is 22.6. The number of methoxy groups -OCH3 is 2. The molecule has 9 nitrogen and oxygen atoms in total. The lowest BCUT2D eigenvalue weighted by atomic mass is 9.96. The van der Waals surface area contributed by atoms with Gasteiger partial charge < -0.3 is 24.3 Å². The lowest BCUT2D eigenvalue weighted by Gasteiger charge is -2.29. The highest BCUT2D eigenvalue weighted by Crippen LogP contribution is 2.44. The van der Waals surface area contributed by atoms with Crippen LogP contribution < -0.4 is 19.7 Å². The molecule has 1 aliphatic rings. The molecule has 4 rings (SSSR count). The van der Waals surface area contributed by atoms with E-state index in [2.05, 4.69) is 39.5 Å². The summed E-state index contributed by atoms with van der Waals surface area (Å²) in [5, 5.41) is 4.01. The third-order valence-electron chi connectivity index (χ3n) is 6.31. The predicted molar refractivity (Wildman–Crippen MR) is 145 cm³/mol. The third-order valence-corrected chi connectivity index (χ3v) is 7.21. The van der Waals surface area contributed by atoms with Crippen LogP contribution in [-0.2, 0) is 21.3 Å². The van der Waals surface area contributed by atoms with Crippen LogP contribution in [0.2, 0.25) is 0 Å².